The molecular formula is C21H29IN4O2. The van der Waals surface area contributed by atoms with Crippen molar-refractivity contribution < 1.29 is 9.47 Å². The Bertz CT molecular complexity index is 780. The first-order valence-electron chi connectivity index (χ1n) is 9.17. The summed E-state index contributed by atoms with van der Waals surface area (Å²) in [4.78, 5) is 6.74. The minimum absolute atomic E-state index is 0. The molecule has 1 aliphatic rings. The van der Waals surface area contributed by atoms with Gasteiger partial charge in [-0.05, 0) is 37.9 Å². The lowest BCUT2D eigenvalue weighted by Gasteiger charge is -2.27. The average Bonchev–Trinajstić information content (AvgIpc) is 2.68. The molecule has 0 aromatic heterocycles. The molecular weight excluding hydrogens is 467 g/mol. The Morgan fingerprint density at radius 1 is 1.25 bits per heavy atom. The molecule has 0 fully saturated rings. The van der Waals surface area contributed by atoms with Crippen LogP contribution in [0, 0.1) is 0 Å². The number of rotatable bonds is 6. The fraction of sp³-hybridized carbons (Fsp3) is 0.381. The molecule has 0 spiro atoms. The first-order chi connectivity index (χ1) is 13.1. The topological polar surface area (TPSA) is 72.1 Å². The zero-order valence-electron chi connectivity index (χ0n) is 16.6. The number of fused-ring (bicyclic) bond motifs is 1. The number of aliphatic imine (C=N–C) groups is 1. The standard InChI is InChI=1S/C21H28N4O2.HI/c1-25(2)19(15-8-10-16(26-3)11-9-15)14-23-21(22)24-18-12-13-27-20-7-5-4-6-17(18)20;/h4-11,18-19H,12-14H2,1-3H3,(H3,22,23,24);1H. The van der Waals surface area contributed by atoms with Gasteiger partial charge < -0.3 is 25.4 Å². The molecule has 3 rings (SSSR count). The number of hydrogen-bond donors (Lipinski definition) is 2. The molecule has 6 nitrogen and oxygen atoms in total. The molecule has 0 aliphatic carbocycles. The zero-order chi connectivity index (χ0) is 19.2. The second-order valence-electron chi connectivity index (χ2n) is 6.85. The van der Waals surface area contributed by atoms with Gasteiger partial charge in [0.1, 0.15) is 11.5 Å². The predicted molar refractivity (Wildman–Crippen MR) is 124 cm³/mol. The van der Waals surface area contributed by atoms with Crippen molar-refractivity contribution in [3.8, 4) is 11.5 Å². The van der Waals surface area contributed by atoms with E-state index in [4.69, 9.17) is 15.2 Å². The molecule has 152 valence electrons. The van der Waals surface area contributed by atoms with E-state index in [1.807, 2.05) is 44.4 Å². The van der Waals surface area contributed by atoms with Crippen LogP contribution in [0.1, 0.15) is 29.6 Å². The van der Waals surface area contributed by atoms with Crippen LogP contribution in [-0.2, 0) is 0 Å². The maximum Gasteiger partial charge on any atom is 0.189 e. The van der Waals surface area contributed by atoms with Gasteiger partial charge in [-0.15, -0.1) is 24.0 Å². The second-order valence-corrected chi connectivity index (χ2v) is 6.85. The number of likely N-dealkylation sites (N-methyl/N-ethyl adjacent to an activating group) is 1. The molecule has 1 heterocycles. The van der Waals surface area contributed by atoms with Crippen molar-refractivity contribution in [3.63, 3.8) is 0 Å². The highest BCUT2D eigenvalue weighted by Gasteiger charge is 2.21. The van der Waals surface area contributed by atoms with Gasteiger partial charge in [-0.25, -0.2) is 0 Å². The van der Waals surface area contributed by atoms with E-state index < -0.39 is 0 Å². The predicted octanol–water partition coefficient (Wildman–Crippen LogP) is 3.34. The van der Waals surface area contributed by atoms with Crippen molar-refractivity contribution >= 4 is 29.9 Å². The molecule has 1 aliphatic heterocycles. The van der Waals surface area contributed by atoms with Gasteiger partial charge in [0.25, 0.3) is 0 Å². The van der Waals surface area contributed by atoms with Gasteiger partial charge in [-0.1, -0.05) is 30.3 Å². The Morgan fingerprint density at radius 2 is 1.96 bits per heavy atom. The van der Waals surface area contributed by atoms with Crippen LogP contribution < -0.4 is 20.5 Å². The molecule has 0 saturated heterocycles. The third kappa shape index (κ3) is 5.51. The van der Waals surface area contributed by atoms with Gasteiger partial charge in [-0.2, -0.15) is 0 Å². The summed E-state index contributed by atoms with van der Waals surface area (Å²) < 4.78 is 10.9. The van der Waals surface area contributed by atoms with Gasteiger partial charge in [0.2, 0.25) is 0 Å². The fourth-order valence-corrected chi connectivity index (χ4v) is 3.29. The van der Waals surface area contributed by atoms with Gasteiger partial charge >= 0.3 is 0 Å². The molecule has 2 unspecified atom stereocenters. The lowest BCUT2D eigenvalue weighted by Crippen LogP contribution is -2.38. The lowest BCUT2D eigenvalue weighted by atomic mass is 10.0. The molecule has 0 radical (unpaired) electrons. The zero-order valence-corrected chi connectivity index (χ0v) is 18.9. The van der Waals surface area contributed by atoms with Crippen LogP contribution in [-0.4, -0.2) is 45.2 Å². The van der Waals surface area contributed by atoms with E-state index in [9.17, 15) is 0 Å². The summed E-state index contributed by atoms with van der Waals surface area (Å²) in [5.41, 5.74) is 8.49. The Balaban J connectivity index is 0.00000280. The molecule has 28 heavy (non-hydrogen) atoms. The quantitative estimate of drug-likeness (QED) is 0.365. The van der Waals surface area contributed by atoms with E-state index in [2.05, 4.69) is 33.4 Å². The van der Waals surface area contributed by atoms with Gasteiger partial charge in [0.15, 0.2) is 5.96 Å². The lowest BCUT2D eigenvalue weighted by molar-refractivity contribution is 0.262. The van der Waals surface area contributed by atoms with Crippen LogP contribution in [0.15, 0.2) is 53.5 Å². The monoisotopic (exact) mass is 496 g/mol. The molecule has 2 atom stereocenters. The van der Waals surface area contributed by atoms with Crippen LogP contribution in [0.25, 0.3) is 0 Å². The summed E-state index contributed by atoms with van der Waals surface area (Å²) in [7, 11) is 5.76. The van der Waals surface area contributed by atoms with Crippen LogP contribution in [0.5, 0.6) is 11.5 Å². The van der Waals surface area contributed by atoms with Crippen LogP contribution in [0.2, 0.25) is 0 Å². The van der Waals surface area contributed by atoms with Crippen LogP contribution in [0.4, 0.5) is 0 Å². The van der Waals surface area contributed by atoms with Crippen molar-refractivity contribution in [1.82, 2.24) is 10.2 Å². The third-order valence-electron chi connectivity index (χ3n) is 4.84. The van der Waals surface area contributed by atoms with E-state index in [0.29, 0.717) is 19.1 Å². The Hall–Kier alpha value is -2.00. The van der Waals surface area contributed by atoms with Gasteiger partial charge in [-0.3, -0.25) is 4.99 Å². The first kappa shape index (κ1) is 22.3. The number of nitrogens with two attached hydrogens (primary N) is 1. The minimum atomic E-state index is 0. The molecule has 7 heteroatoms. The van der Waals surface area contributed by atoms with E-state index in [-0.39, 0.29) is 36.1 Å². The number of para-hydroxylation sites is 1. The maximum atomic E-state index is 6.19. The largest absolute Gasteiger partial charge is 0.497 e. The highest BCUT2D eigenvalue weighted by Crippen LogP contribution is 2.31. The van der Waals surface area contributed by atoms with Crippen molar-refractivity contribution in [2.75, 3.05) is 34.4 Å². The van der Waals surface area contributed by atoms with Crippen molar-refractivity contribution in [1.29, 1.82) is 0 Å². The number of nitrogens with zero attached hydrogens (tertiary/aromatic N) is 2. The number of methoxy groups -OCH3 is 1. The Kier molecular flexibility index (Phi) is 8.37. The summed E-state index contributed by atoms with van der Waals surface area (Å²) in [5.74, 6) is 2.22. The van der Waals surface area contributed by atoms with Gasteiger partial charge in [0.05, 0.1) is 32.3 Å². The van der Waals surface area contributed by atoms with Crippen molar-refractivity contribution in [2.45, 2.75) is 18.5 Å². The van der Waals surface area contributed by atoms with Crippen molar-refractivity contribution in [3.05, 3.63) is 59.7 Å². The summed E-state index contributed by atoms with van der Waals surface area (Å²) >= 11 is 0. The van der Waals surface area contributed by atoms with E-state index >= 15 is 0 Å². The number of ether oxygens (including phenoxy) is 2. The molecule has 0 bridgehead atoms. The normalized spacial score (nSPS) is 17.1. The number of hydrogen-bond acceptors (Lipinski definition) is 4. The second kappa shape index (κ2) is 10.5. The fourth-order valence-electron chi connectivity index (χ4n) is 3.29. The number of halogens is 1. The van der Waals surface area contributed by atoms with E-state index in [1.54, 1.807) is 7.11 Å². The maximum absolute atomic E-state index is 6.19. The summed E-state index contributed by atoms with van der Waals surface area (Å²) in [5, 5.41) is 3.35. The Morgan fingerprint density at radius 3 is 2.64 bits per heavy atom. The first-order valence-corrected chi connectivity index (χ1v) is 9.17. The van der Waals surface area contributed by atoms with Crippen LogP contribution in [0.3, 0.4) is 0 Å². The number of nitrogens with one attached hydrogen (secondary N) is 1. The van der Waals surface area contributed by atoms with Crippen molar-refractivity contribution in [2.24, 2.45) is 10.7 Å². The van der Waals surface area contributed by atoms with E-state index in [1.165, 1.54) is 5.56 Å². The number of benzene rings is 2. The van der Waals surface area contributed by atoms with Gasteiger partial charge in [0, 0.05) is 12.0 Å². The molecule has 0 saturated carbocycles. The molecule has 2 aromatic rings. The average molecular weight is 496 g/mol. The molecule has 0 amide bonds. The molecule has 3 N–H and O–H groups in total. The SMILES string of the molecule is COc1ccc(C(CN=C(N)NC2CCOc3ccccc32)N(C)C)cc1.I. The highest BCUT2D eigenvalue weighted by atomic mass is 127. The number of guanidine groups is 1. The summed E-state index contributed by atoms with van der Waals surface area (Å²) in [6.07, 6.45) is 0.864. The smallest absolute Gasteiger partial charge is 0.189 e. The minimum Gasteiger partial charge on any atom is -0.497 e. The van der Waals surface area contributed by atoms with Crippen LogP contribution >= 0.6 is 24.0 Å². The summed E-state index contributed by atoms with van der Waals surface area (Å²) in [6, 6.07) is 16.4. The van der Waals surface area contributed by atoms with E-state index in [0.717, 1.165) is 23.5 Å². The highest BCUT2D eigenvalue weighted by molar-refractivity contribution is 14.0. The third-order valence-corrected chi connectivity index (χ3v) is 4.84. The summed E-state index contributed by atoms with van der Waals surface area (Å²) in [6.45, 7) is 1.25. The molecule has 2 aromatic carbocycles. The Labute approximate surface area is 184 Å².